The molecule has 0 bridgehead atoms. The Morgan fingerprint density at radius 3 is 2.73 bits per heavy atom. The zero-order valence-corrected chi connectivity index (χ0v) is 14.0. The summed E-state index contributed by atoms with van der Waals surface area (Å²) in [6.07, 6.45) is 4.57. The van der Waals surface area contributed by atoms with Crippen molar-refractivity contribution in [3.63, 3.8) is 0 Å². The minimum absolute atomic E-state index is 0.949. The summed E-state index contributed by atoms with van der Waals surface area (Å²) < 4.78 is 5.36. The lowest BCUT2D eigenvalue weighted by Gasteiger charge is -2.17. The number of allylic oxidation sites excluding steroid dienone is 1. The van der Waals surface area contributed by atoms with Crippen LogP contribution in [0.5, 0.6) is 5.75 Å². The van der Waals surface area contributed by atoms with Crippen molar-refractivity contribution >= 4 is 28.2 Å². The number of methoxy groups -OCH3 is 1. The first-order valence-electron chi connectivity index (χ1n) is 7.36. The molecule has 110 valence electrons. The van der Waals surface area contributed by atoms with Crippen molar-refractivity contribution < 1.29 is 4.74 Å². The molecule has 3 aromatic rings. The molecule has 0 atom stereocenters. The van der Waals surface area contributed by atoms with E-state index in [1.807, 2.05) is 11.3 Å². The highest BCUT2D eigenvalue weighted by molar-refractivity contribution is 7.21. The van der Waals surface area contributed by atoms with E-state index in [1.165, 1.54) is 31.3 Å². The molecule has 0 N–H and O–H groups in total. The van der Waals surface area contributed by atoms with Gasteiger partial charge in [-0.15, -0.1) is 22.7 Å². The normalized spacial score (nSPS) is 13.6. The van der Waals surface area contributed by atoms with Gasteiger partial charge in [-0.3, -0.25) is 0 Å². The predicted octanol–water partition coefficient (Wildman–Crippen LogP) is 5.86. The van der Waals surface area contributed by atoms with Gasteiger partial charge >= 0.3 is 0 Å². The number of hydrogen-bond donors (Lipinski definition) is 0. The molecular formula is C19H16OS2. The van der Waals surface area contributed by atoms with Crippen LogP contribution in [-0.2, 0) is 6.42 Å². The Hall–Kier alpha value is -1.84. The van der Waals surface area contributed by atoms with Crippen molar-refractivity contribution in [3.8, 4) is 15.5 Å². The maximum atomic E-state index is 5.36. The number of rotatable bonds is 3. The van der Waals surface area contributed by atoms with Crippen LogP contribution in [0.4, 0.5) is 0 Å². The summed E-state index contributed by atoms with van der Waals surface area (Å²) in [6.45, 7) is 0. The van der Waals surface area contributed by atoms with Crippen LogP contribution < -0.4 is 4.74 Å². The van der Waals surface area contributed by atoms with Crippen LogP contribution in [0, 0.1) is 0 Å². The van der Waals surface area contributed by atoms with Crippen LogP contribution >= 0.6 is 22.7 Å². The fourth-order valence-electron chi connectivity index (χ4n) is 2.92. The van der Waals surface area contributed by atoms with Crippen molar-refractivity contribution in [1.29, 1.82) is 0 Å². The Morgan fingerprint density at radius 2 is 1.91 bits per heavy atom. The third kappa shape index (κ3) is 2.40. The smallest absolute Gasteiger partial charge is 0.119 e. The number of ether oxygens (including phenoxy) is 1. The molecule has 0 saturated heterocycles. The molecule has 3 heteroatoms. The average Bonchev–Trinajstić information content (AvgIpc) is 3.24. The second kappa shape index (κ2) is 5.75. The van der Waals surface area contributed by atoms with E-state index in [-0.39, 0.29) is 0 Å². The molecule has 0 fully saturated rings. The van der Waals surface area contributed by atoms with E-state index in [1.54, 1.807) is 18.4 Å². The summed E-state index contributed by atoms with van der Waals surface area (Å²) in [6, 6.07) is 15.2. The minimum atomic E-state index is 0.949. The number of fused-ring (bicyclic) bond motifs is 1. The second-order valence-corrected chi connectivity index (χ2v) is 7.35. The van der Waals surface area contributed by atoms with Crippen molar-refractivity contribution in [2.45, 2.75) is 12.8 Å². The van der Waals surface area contributed by atoms with Crippen LogP contribution in [0.1, 0.15) is 22.4 Å². The standard InChI is InChI=1S/C19H16OS2/c1-20-14-7-8-15-13(12-14)4-2-5-16(15)17-9-10-19(22-17)18-6-3-11-21-18/h3,5-12H,2,4H2,1H3. The number of aryl methyl sites for hydroxylation is 1. The van der Waals surface area contributed by atoms with Crippen molar-refractivity contribution in [2.75, 3.05) is 7.11 Å². The van der Waals surface area contributed by atoms with Gasteiger partial charge in [0, 0.05) is 14.6 Å². The van der Waals surface area contributed by atoms with E-state index in [0.29, 0.717) is 0 Å². The van der Waals surface area contributed by atoms with Gasteiger partial charge in [0.1, 0.15) is 5.75 Å². The Balaban J connectivity index is 1.74. The molecule has 1 aliphatic carbocycles. The highest BCUT2D eigenvalue weighted by atomic mass is 32.1. The fourth-order valence-corrected chi connectivity index (χ4v) is 4.81. The third-order valence-corrected chi connectivity index (χ3v) is 6.18. The summed E-state index contributed by atoms with van der Waals surface area (Å²) in [7, 11) is 1.73. The summed E-state index contributed by atoms with van der Waals surface area (Å²) in [5, 5.41) is 2.14. The zero-order chi connectivity index (χ0) is 14.9. The average molecular weight is 324 g/mol. The fraction of sp³-hybridized carbons (Fsp3) is 0.158. The Kier molecular flexibility index (Phi) is 3.60. The zero-order valence-electron chi connectivity index (χ0n) is 12.3. The number of thiophene rings is 2. The molecule has 1 nitrogen and oxygen atoms in total. The predicted molar refractivity (Wildman–Crippen MR) is 96.0 cm³/mol. The molecule has 22 heavy (non-hydrogen) atoms. The molecule has 0 saturated carbocycles. The quantitative estimate of drug-likeness (QED) is 0.586. The summed E-state index contributed by atoms with van der Waals surface area (Å²) in [4.78, 5) is 4.06. The van der Waals surface area contributed by atoms with Gasteiger partial charge in [-0.2, -0.15) is 0 Å². The molecule has 0 unspecified atom stereocenters. The Bertz CT molecular complexity index is 825. The van der Waals surface area contributed by atoms with E-state index in [0.717, 1.165) is 18.6 Å². The largest absolute Gasteiger partial charge is 0.497 e. The van der Waals surface area contributed by atoms with Gasteiger partial charge in [-0.25, -0.2) is 0 Å². The monoisotopic (exact) mass is 324 g/mol. The lowest BCUT2D eigenvalue weighted by molar-refractivity contribution is 0.414. The first kappa shape index (κ1) is 13.8. The summed E-state index contributed by atoms with van der Waals surface area (Å²) >= 11 is 3.68. The molecule has 1 aromatic carbocycles. The lowest BCUT2D eigenvalue weighted by atomic mass is 9.90. The molecule has 0 aliphatic heterocycles. The van der Waals surface area contributed by atoms with Gasteiger partial charge in [-0.05, 0) is 65.3 Å². The molecule has 2 aromatic heterocycles. The molecule has 4 rings (SSSR count). The van der Waals surface area contributed by atoms with E-state index < -0.39 is 0 Å². The second-order valence-electron chi connectivity index (χ2n) is 5.32. The van der Waals surface area contributed by atoms with Gasteiger partial charge < -0.3 is 4.74 Å². The maximum absolute atomic E-state index is 5.36. The van der Waals surface area contributed by atoms with E-state index >= 15 is 0 Å². The third-order valence-electron chi connectivity index (χ3n) is 4.00. The van der Waals surface area contributed by atoms with Crippen molar-refractivity contribution in [2.24, 2.45) is 0 Å². The van der Waals surface area contributed by atoms with Crippen molar-refractivity contribution in [1.82, 2.24) is 0 Å². The van der Waals surface area contributed by atoms with E-state index in [4.69, 9.17) is 4.74 Å². The molecule has 2 heterocycles. The Morgan fingerprint density at radius 1 is 1.00 bits per heavy atom. The van der Waals surface area contributed by atoms with Crippen LogP contribution in [0.3, 0.4) is 0 Å². The number of hydrogen-bond acceptors (Lipinski definition) is 3. The minimum Gasteiger partial charge on any atom is -0.497 e. The van der Waals surface area contributed by atoms with E-state index in [9.17, 15) is 0 Å². The molecular weight excluding hydrogens is 308 g/mol. The molecule has 0 radical (unpaired) electrons. The highest BCUT2D eigenvalue weighted by Gasteiger charge is 2.17. The van der Waals surface area contributed by atoms with E-state index in [2.05, 4.69) is 53.9 Å². The van der Waals surface area contributed by atoms with Crippen LogP contribution in [0.15, 0.2) is 53.9 Å². The van der Waals surface area contributed by atoms with Crippen LogP contribution in [0.2, 0.25) is 0 Å². The SMILES string of the molecule is COc1ccc2c(c1)CCC=C2c1ccc(-c2cccs2)s1. The summed E-state index contributed by atoms with van der Waals surface area (Å²) in [5.74, 6) is 0.949. The lowest BCUT2D eigenvalue weighted by Crippen LogP contribution is -2.00. The highest BCUT2D eigenvalue weighted by Crippen LogP contribution is 2.40. The van der Waals surface area contributed by atoms with Crippen molar-refractivity contribution in [3.05, 3.63) is 69.9 Å². The first-order valence-corrected chi connectivity index (χ1v) is 9.06. The number of benzene rings is 1. The first-order chi connectivity index (χ1) is 10.8. The molecule has 0 spiro atoms. The topological polar surface area (TPSA) is 9.23 Å². The molecule has 0 amide bonds. The van der Waals surface area contributed by atoms with Gasteiger partial charge in [0.2, 0.25) is 0 Å². The van der Waals surface area contributed by atoms with Gasteiger partial charge in [0.15, 0.2) is 0 Å². The van der Waals surface area contributed by atoms with Crippen LogP contribution in [0.25, 0.3) is 15.3 Å². The van der Waals surface area contributed by atoms with Crippen LogP contribution in [-0.4, -0.2) is 7.11 Å². The van der Waals surface area contributed by atoms with Gasteiger partial charge in [0.05, 0.1) is 7.11 Å². The van der Waals surface area contributed by atoms with Gasteiger partial charge in [-0.1, -0.05) is 18.2 Å². The maximum Gasteiger partial charge on any atom is 0.119 e. The molecule has 1 aliphatic rings. The van der Waals surface area contributed by atoms with Gasteiger partial charge in [0.25, 0.3) is 0 Å². The summed E-state index contributed by atoms with van der Waals surface area (Å²) in [5.41, 5.74) is 4.12. The Labute approximate surface area is 138 Å².